The monoisotopic (exact) mass is 269 g/mol. The van der Waals surface area contributed by atoms with Crippen LogP contribution >= 0.6 is 0 Å². The number of aliphatic hydroxyl groups is 2. The van der Waals surface area contributed by atoms with Crippen molar-refractivity contribution in [1.82, 2.24) is 0 Å². The van der Waals surface area contributed by atoms with Gasteiger partial charge in [0.25, 0.3) is 0 Å². The molecule has 0 unspecified atom stereocenters. The molecule has 0 radical (unpaired) electrons. The maximum atomic E-state index is 14.2. The van der Waals surface area contributed by atoms with Crippen molar-refractivity contribution in [1.29, 1.82) is 0 Å². The molecule has 0 bridgehead atoms. The fraction of sp³-hybridized carbons (Fsp3) is 0.600. The molecule has 0 saturated heterocycles. The molecule has 0 saturated carbocycles. The van der Waals surface area contributed by atoms with Gasteiger partial charge in [0.1, 0.15) is 5.82 Å². The van der Waals surface area contributed by atoms with Crippen molar-refractivity contribution in [2.75, 3.05) is 18.1 Å². The van der Waals surface area contributed by atoms with Gasteiger partial charge in [-0.3, -0.25) is 0 Å². The molecule has 4 heteroatoms. The lowest BCUT2D eigenvalue weighted by Gasteiger charge is -2.32. The molecule has 0 amide bonds. The highest BCUT2D eigenvalue weighted by molar-refractivity contribution is 5.50. The molecule has 0 fully saturated rings. The average molecular weight is 269 g/mol. The van der Waals surface area contributed by atoms with Gasteiger partial charge in [0.15, 0.2) is 0 Å². The first kappa shape index (κ1) is 15.9. The topological polar surface area (TPSA) is 43.7 Å². The van der Waals surface area contributed by atoms with Crippen molar-refractivity contribution in [2.45, 2.75) is 45.8 Å². The van der Waals surface area contributed by atoms with E-state index in [9.17, 15) is 9.50 Å². The van der Waals surface area contributed by atoms with Crippen LogP contribution < -0.4 is 4.90 Å². The molecule has 2 N–H and O–H groups in total. The van der Waals surface area contributed by atoms with Crippen molar-refractivity contribution in [3.63, 3.8) is 0 Å². The van der Waals surface area contributed by atoms with Crippen molar-refractivity contribution in [3.05, 3.63) is 29.6 Å². The number of benzene rings is 1. The van der Waals surface area contributed by atoms with E-state index in [1.807, 2.05) is 4.90 Å². The fourth-order valence-corrected chi connectivity index (χ4v) is 2.35. The molecule has 19 heavy (non-hydrogen) atoms. The van der Waals surface area contributed by atoms with Crippen LogP contribution in [0.1, 0.15) is 45.3 Å². The predicted molar refractivity (Wildman–Crippen MR) is 75.8 cm³/mol. The lowest BCUT2D eigenvalue weighted by Crippen LogP contribution is -2.37. The van der Waals surface area contributed by atoms with E-state index >= 15 is 0 Å². The zero-order chi connectivity index (χ0) is 14.4. The third kappa shape index (κ3) is 3.91. The standard InChI is InChI=1S/C15H24FNO2/c1-4-13(5-2)17(8-9-18)15-7-6-12(11(3)19)10-14(15)16/h6-7,10-11,13,18-19H,4-5,8-9H2,1-3H3/t11-/m0/s1. The fourth-order valence-electron chi connectivity index (χ4n) is 2.35. The Hall–Kier alpha value is -1.13. The minimum absolute atomic E-state index is 0.00586. The first-order valence-electron chi connectivity index (χ1n) is 6.90. The SMILES string of the molecule is CCC(CC)N(CCO)c1ccc([C@H](C)O)cc1F. The highest BCUT2D eigenvalue weighted by Gasteiger charge is 2.19. The summed E-state index contributed by atoms with van der Waals surface area (Å²) in [6.07, 6.45) is 1.12. The van der Waals surface area contributed by atoms with Crippen molar-refractivity contribution in [3.8, 4) is 0 Å². The van der Waals surface area contributed by atoms with Crippen LogP contribution in [0.15, 0.2) is 18.2 Å². The van der Waals surface area contributed by atoms with Crippen molar-refractivity contribution < 1.29 is 14.6 Å². The largest absolute Gasteiger partial charge is 0.395 e. The summed E-state index contributed by atoms with van der Waals surface area (Å²) in [4.78, 5) is 1.90. The smallest absolute Gasteiger partial charge is 0.146 e. The first-order valence-corrected chi connectivity index (χ1v) is 6.90. The molecule has 0 heterocycles. The third-order valence-corrected chi connectivity index (χ3v) is 3.49. The Morgan fingerprint density at radius 2 is 1.89 bits per heavy atom. The van der Waals surface area contributed by atoms with E-state index in [-0.39, 0.29) is 18.5 Å². The second kappa shape index (κ2) is 7.46. The molecule has 0 aliphatic heterocycles. The molecule has 1 aromatic rings. The van der Waals surface area contributed by atoms with E-state index in [1.54, 1.807) is 19.1 Å². The Labute approximate surface area is 114 Å². The Morgan fingerprint density at radius 3 is 2.32 bits per heavy atom. The molecule has 1 atom stereocenters. The Balaban J connectivity index is 3.08. The van der Waals surface area contributed by atoms with Crippen LogP contribution in [0.3, 0.4) is 0 Å². The number of anilines is 1. The number of hydrogen-bond donors (Lipinski definition) is 2. The summed E-state index contributed by atoms with van der Waals surface area (Å²) in [7, 11) is 0. The molecule has 3 nitrogen and oxygen atoms in total. The van der Waals surface area contributed by atoms with Gasteiger partial charge in [-0.25, -0.2) is 4.39 Å². The van der Waals surface area contributed by atoms with Gasteiger partial charge in [0.05, 0.1) is 18.4 Å². The first-order chi connectivity index (χ1) is 9.04. The second-order valence-electron chi connectivity index (χ2n) is 4.77. The Bertz CT molecular complexity index is 392. The maximum Gasteiger partial charge on any atom is 0.146 e. The van der Waals surface area contributed by atoms with Crippen LogP contribution in [0.4, 0.5) is 10.1 Å². The van der Waals surface area contributed by atoms with E-state index in [0.29, 0.717) is 17.8 Å². The van der Waals surface area contributed by atoms with Crippen LogP contribution in [0, 0.1) is 5.82 Å². The van der Waals surface area contributed by atoms with Gasteiger partial charge in [-0.1, -0.05) is 19.9 Å². The third-order valence-electron chi connectivity index (χ3n) is 3.49. The second-order valence-corrected chi connectivity index (χ2v) is 4.77. The normalized spacial score (nSPS) is 12.8. The van der Waals surface area contributed by atoms with E-state index < -0.39 is 6.10 Å². The molecule has 0 spiro atoms. The Kier molecular flexibility index (Phi) is 6.25. The van der Waals surface area contributed by atoms with E-state index in [1.165, 1.54) is 6.07 Å². The van der Waals surface area contributed by atoms with Crippen LogP contribution in [0.2, 0.25) is 0 Å². The number of nitrogens with zero attached hydrogens (tertiary/aromatic N) is 1. The number of rotatable bonds is 7. The summed E-state index contributed by atoms with van der Waals surface area (Å²) in [5, 5.41) is 18.6. The van der Waals surface area contributed by atoms with Crippen molar-refractivity contribution in [2.24, 2.45) is 0 Å². The van der Waals surface area contributed by atoms with Gasteiger partial charge < -0.3 is 15.1 Å². The number of aliphatic hydroxyl groups excluding tert-OH is 2. The average Bonchev–Trinajstić information content (AvgIpc) is 2.39. The summed E-state index contributed by atoms with van der Waals surface area (Å²) < 4.78 is 14.2. The Morgan fingerprint density at radius 1 is 1.26 bits per heavy atom. The van der Waals surface area contributed by atoms with Gasteiger partial charge >= 0.3 is 0 Å². The molecule has 1 aromatic carbocycles. The molecule has 108 valence electrons. The number of halogens is 1. The van der Waals surface area contributed by atoms with E-state index in [0.717, 1.165) is 12.8 Å². The summed E-state index contributed by atoms with van der Waals surface area (Å²) in [6, 6.07) is 4.99. The molecule has 1 rings (SSSR count). The van der Waals surface area contributed by atoms with Crippen LogP contribution in [0.5, 0.6) is 0 Å². The zero-order valence-electron chi connectivity index (χ0n) is 11.9. The van der Waals surface area contributed by atoms with Crippen LogP contribution in [0.25, 0.3) is 0 Å². The van der Waals surface area contributed by atoms with Gasteiger partial charge in [0.2, 0.25) is 0 Å². The lowest BCUT2D eigenvalue weighted by molar-refractivity contribution is 0.199. The van der Waals surface area contributed by atoms with E-state index in [2.05, 4.69) is 13.8 Å². The summed E-state index contributed by atoms with van der Waals surface area (Å²) in [5.74, 6) is -0.348. The summed E-state index contributed by atoms with van der Waals surface area (Å²) in [5.41, 5.74) is 1.06. The molecule has 0 aliphatic carbocycles. The molecule has 0 aliphatic rings. The number of hydrogen-bond acceptors (Lipinski definition) is 3. The highest BCUT2D eigenvalue weighted by atomic mass is 19.1. The highest BCUT2D eigenvalue weighted by Crippen LogP contribution is 2.26. The van der Waals surface area contributed by atoms with Crippen molar-refractivity contribution >= 4 is 5.69 Å². The molecular formula is C15H24FNO2. The minimum atomic E-state index is -0.678. The maximum absolute atomic E-state index is 14.2. The van der Waals surface area contributed by atoms with Crippen LogP contribution in [-0.4, -0.2) is 29.4 Å². The molecular weight excluding hydrogens is 245 g/mol. The van der Waals surface area contributed by atoms with Gasteiger partial charge in [-0.05, 0) is 37.5 Å². The summed E-state index contributed by atoms with van der Waals surface area (Å²) in [6.45, 7) is 6.13. The van der Waals surface area contributed by atoms with Gasteiger partial charge in [0, 0.05) is 12.6 Å². The van der Waals surface area contributed by atoms with Crippen LogP contribution in [-0.2, 0) is 0 Å². The zero-order valence-corrected chi connectivity index (χ0v) is 11.9. The molecule has 0 aromatic heterocycles. The van der Waals surface area contributed by atoms with E-state index in [4.69, 9.17) is 5.11 Å². The quantitative estimate of drug-likeness (QED) is 0.800. The van der Waals surface area contributed by atoms with Gasteiger partial charge in [-0.2, -0.15) is 0 Å². The minimum Gasteiger partial charge on any atom is -0.395 e. The predicted octanol–water partition coefficient (Wildman–Crippen LogP) is 2.87. The summed E-state index contributed by atoms with van der Waals surface area (Å²) >= 11 is 0. The van der Waals surface area contributed by atoms with Gasteiger partial charge in [-0.15, -0.1) is 0 Å². The lowest BCUT2D eigenvalue weighted by atomic mass is 10.1.